The molecule has 0 saturated heterocycles. The second-order valence-corrected chi connectivity index (χ2v) is 5.98. The zero-order valence-corrected chi connectivity index (χ0v) is 12.9. The summed E-state index contributed by atoms with van der Waals surface area (Å²) in [5, 5.41) is 3.58. The van der Waals surface area contributed by atoms with Crippen molar-refractivity contribution >= 4 is 0 Å². The van der Waals surface area contributed by atoms with Crippen LogP contribution in [-0.4, -0.2) is 13.2 Å². The summed E-state index contributed by atoms with van der Waals surface area (Å²) in [6.45, 7) is 5.21. The number of nitrogens with one attached hydrogen (secondary N) is 1. The smallest absolute Gasteiger partial charge is 0.119 e. The maximum atomic E-state index is 5.73. The largest absolute Gasteiger partial charge is 0.494 e. The normalized spacial score (nSPS) is 15.7. The van der Waals surface area contributed by atoms with Gasteiger partial charge in [0.2, 0.25) is 0 Å². The third kappa shape index (κ3) is 5.54. The van der Waals surface area contributed by atoms with E-state index in [4.69, 9.17) is 4.74 Å². The Morgan fingerprint density at radius 1 is 1.10 bits per heavy atom. The first-order valence-electron chi connectivity index (χ1n) is 8.31. The molecular formula is C18H29NO. The van der Waals surface area contributed by atoms with E-state index in [1.165, 1.54) is 50.6 Å². The van der Waals surface area contributed by atoms with E-state index in [1.54, 1.807) is 0 Å². The van der Waals surface area contributed by atoms with Gasteiger partial charge in [-0.3, -0.25) is 0 Å². The van der Waals surface area contributed by atoms with Crippen LogP contribution in [0.15, 0.2) is 24.3 Å². The summed E-state index contributed by atoms with van der Waals surface area (Å²) in [5.74, 6) is 1.91. The molecule has 0 aromatic heterocycles. The number of hydrogen-bond acceptors (Lipinski definition) is 2. The van der Waals surface area contributed by atoms with E-state index < -0.39 is 0 Å². The molecule has 2 heteroatoms. The molecule has 0 unspecified atom stereocenters. The van der Waals surface area contributed by atoms with Gasteiger partial charge in [0.1, 0.15) is 5.75 Å². The summed E-state index contributed by atoms with van der Waals surface area (Å²) in [4.78, 5) is 0. The van der Waals surface area contributed by atoms with E-state index in [9.17, 15) is 0 Å². The second-order valence-electron chi connectivity index (χ2n) is 5.98. The van der Waals surface area contributed by atoms with Crippen LogP contribution in [0.1, 0.15) is 57.4 Å². The van der Waals surface area contributed by atoms with Crippen molar-refractivity contribution in [3.05, 3.63) is 29.8 Å². The molecule has 2 rings (SSSR count). The third-order valence-corrected chi connectivity index (χ3v) is 4.18. The van der Waals surface area contributed by atoms with E-state index in [2.05, 4.69) is 36.5 Å². The first-order chi connectivity index (χ1) is 9.88. The predicted molar refractivity (Wildman–Crippen MR) is 85.1 cm³/mol. The summed E-state index contributed by atoms with van der Waals surface area (Å²) in [6.07, 6.45) is 9.33. The molecule has 1 fully saturated rings. The quantitative estimate of drug-likeness (QED) is 0.668. The molecule has 1 aromatic carbocycles. The molecule has 20 heavy (non-hydrogen) atoms. The van der Waals surface area contributed by atoms with Gasteiger partial charge in [-0.15, -0.1) is 0 Å². The first kappa shape index (κ1) is 15.4. The minimum Gasteiger partial charge on any atom is -0.494 e. The van der Waals surface area contributed by atoms with Crippen molar-refractivity contribution in [3.63, 3.8) is 0 Å². The van der Waals surface area contributed by atoms with Crippen molar-refractivity contribution < 1.29 is 4.74 Å². The molecule has 0 aliphatic heterocycles. The minimum absolute atomic E-state index is 0.840. The fourth-order valence-corrected chi connectivity index (χ4v) is 2.88. The van der Waals surface area contributed by atoms with Crippen molar-refractivity contribution in [2.45, 2.75) is 58.4 Å². The van der Waals surface area contributed by atoms with Gasteiger partial charge in [-0.2, -0.15) is 0 Å². The highest BCUT2D eigenvalue weighted by Crippen LogP contribution is 2.23. The van der Waals surface area contributed by atoms with Gasteiger partial charge in [0.15, 0.2) is 0 Å². The highest BCUT2D eigenvalue weighted by Gasteiger charge is 2.13. The lowest BCUT2D eigenvalue weighted by atomic mass is 10.1. The van der Waals surface area contributed by atoms with Crippen molar-refractivity contribution in [2.24, 2.45) is 5.92 Å². The molecule has 1 aliphatic rings. The first-order valence-corrected chi connectivity index (χ1v) is 8.31. The fraction of sp³-hybridized carbons (Fsp3) is 0.667. The number of unbranched alkanes of at least 4 members (excludes halogenated alkanes) is 2. The Bertz CT molecular complexity index is 354. The Balaban J connectivity index is 1.63. The Kier molecular flexibility index (Phi) is 6.93. The SMILES string of the molecule is CCCCCOc1ccc(CNCC2CCCC2)cc1. The van der Waals surface area contributed by atoms with Crippen LogP contribution >= 0.6 is 0 Å². The Morgan fingerprint density at radius 3 is 2.55 bits per heavy atom. The van der Waals surface area contributed by atoms with Crippen molar-refractivity contribution in [1.82, 2.24) is 5.32 Å². The Labute approximate surface area is 123 Å². The molecule has 0 radical (unpaired) electrons. The molecule has 1 aliphatic carbocycles. The van der Waals surface area contributed by atoms with Crippen LogP contribution in [0.5, 0.6) is 5.75 Å². The van der Waals surface area contributed by atoms with Gasteiger partial charge in [0.25, 0.3) is 0 Å². The molecule has 1 saturated carbocycles. The Hall–Kier alpha value is -1.02. The van der Waals surface area contributed by atoms with Crippen molar-refractivity contribution in [1.29, 1.82) is 0 Å². The number of hydrogen-bond donors (Lipinski definition) is 1. The van der Waals surface area contributed by atoms with E-state index in [-0.39, 0.29) is 0 Å². The third-order valence-electron chi connectivity index (χ3n) is 4.18. The highest BCUT2D eigenvalue weighted by molar-refractivity contribution is 5.27. The summed E-state index contributed by atoms with van der Waals surface area (Å²) < 4.78 is 5.73. The monoisotopic (exact) mass is 275 g/mol. The maximum Gasteiger partial charge on any atom is 0.119 e. The zero-order chi connectivity index (χ0) is 14.0. The van der Waals surface area contributed by atoms with Gasteiger partial charge in [-0.05, 0) is 49.4 Å². The van der Waals surface area contributed by atoms with Gasteiger partial charge < -0.3 is 10.1 Å². The zero-order valence-electron chi connectivity index (χ0n) is 12.9. The van der Waals surface area contributed by atoms with Gasteiger partial charge >= 0.3 is 0 Å². The number of rotatable bonds is 9. The molecule has 0 spiro atoms. The highest BCUT2D eigenvalue weighted by atomic mass is 16.5. The lowest BCUT2D eigenvalue weighted by Gasteiger charge is -2.11. The van der Waals surface area contributed by atoms with Crippen LogP contribution in [0.25, 0.3) is 0 Å². The topological polar surface area (TPSA) is 21.3 Å². The number of benzene rings is 1. The molecule has 0 heterocycles. The summed E-state index contributed by atoms with van der Waals surface area (Å²) in [5.41, 5.74) is 1.35. The van der Waals surface area contributed by atoms with Gasteiger partial charge in [0, 0.05) is 6.54 Å². The molecule has 1 N–H and O–H groups in total. The average molecular weight is 275 g/mol. The van der Waals surface area contributed by atoms with Crippen molar-refractivity contribution in [2.75, 3.05) is 13.2 Å². The van der Waals surface area contributed by atoms with Crippen LogP contribution in [0.4, 0.5) is 0 Å². The van der Waals surface area contributed by atoms with Crippen LogP contribution in [0, 0.1) is 5.92 Å². The fourth-order valence-electron chi connectivity index (χ4n) is 2.88. The summed E-state index contributed by atoms with van der Waals surface area (Å²) in [7, 11) is 0. The minimum atomic E-state index is 0.840. The van der Waals surface area contributed by atoms with Gasteiger partial charge in [-0.1, -0.05) is 44.7 Å². The average Bonchev–Trinajstić information content (AvgIpc) is 2.98. The molecule has 1 aromatic rings. The second kappa shape index (κ2) is 9.02. The number of ether oxygens (including phenoxy) is 1. The van der Waals surface area contributed by atoms with Crippen LogP contribution in [0.2, 0.25) is 0 Å². The summed E-state index contributed by atoms with van der Waals surface area (Å²) >= 11 is 0. The van der Waals surface area contributed by atoms with E-state index >= 15 is 0 Å². The lowest BCUT2D eigenvalue weighted by Crippen LogP contribution is -2.20. The van der Waals surface area contributed by atoms with E-state index in [0.29, 0.717) is 0 Å². The van der Waals surface area contributed by atoms with Gasteiger partial charge in [-0.25, -0.2) is 0 Å². The van der Waals surface area contributed by atoms with Crippen LogP contribution in [0.3, 0.4) is 0 Å². The van der Waals surface area contributed by atoms with E-state index in [1.807, 2.05) is 0 Å². The van der Waals surface area contributed by atoms with Crippen LogP contribution < -0.4 is 10.1 Å². The molecule has 0 bridgehead atoms. The molecular weight excluding hydrogens is 246 g/mol. The lowest BCUT2D eigenvalue weighted by molar-refractivity contribution is 0.306. The molecule has 0 amide bonds. The molecule has 2 nitrogen and oxygen atoms in total. The predicted octanol–water partition coefficient (Wildman–Crippen LogP) is 4.54. The van der Waals surface area contributed by atoms with E-state index in [0.717, 1.165) is 31.2 Å². The summed E-state index contributed by atoms with van der Waals surface area (Å²) in [6, 6.07) is 8.55. The van der Waals surface area contributed by atoms with Crippen molar-refractivity contribution in [3.8, 4) is 5.75 Å². The standard InChI is InChI=1S/C18H29NO/c1-2-3-6-13-20-18-11-9-17(10-12-18)15-19-14-16-7-4-5-8-16/h9-12,16,19H,2-8,13-15H2,1H3. The molecule has 0 atom stereocenters. The van der Waals surface area contributed by atoms with Gasteiger partial charge in [0.05, 0.1) is 6.61 Å². The maximum absolute atomic E-state index is 5.73. The molecule has 112 valence electrons. The van der Waals surface area contributed by atoms with Crippen LogP contribution in [-0.2, 0) is 6.54 Å². The Morgan fingerprint density at radius 2 is 1.85 bits per heavy atom.